The average molecular weight is 340 g/mol. The van der Waals surface area contributed by atoms with Gasteiger partial charge in [0.05, 0.1) is 18.6 Å². The molecule has 2 unspecified atom stereocenters. The molecule has 5 atom stereocenters. The standard InChI is InChI=1S/C20H24N2O3/c1-3-13-12-21-8-6-14(13)10-19(21)20(23)16-7-9-22(24)18-5-4-15(25-2)11-17(16)18/h3-5,7,9,11,13-14,19-20,23H,1,6,8,10,12H2,2H3/t13-,14?,19+,20-/m1/s1. The molecule has 3 aliphatic rings. The van der Waals surface area contributed by atoms with Gasteiger partial charge in [-0.05, 0) is 43.4 Å². The van der Waals surface area contributed by atoms with E-state index >= 15 is 0 Å². The van der Waals surface area contributed by atoms with E-state index in [2.05, 4.69) is 17.6 Å². The number of hydrogen-bond acceptors (Lipinski definition) is 4. The maximum absolute atomic E-state index is 12.1. The molecule has 3 aliphatic heterocycles. The topological polar surface area (TPSA) is 59.6 Å². The highest BCUT2D eigenvalue weighted by Gasteiger charge is 2.42. The van der Waals surface area contributed by atoms with Crippen molar-refractivity contribution in [3.05, 3.63) is 53.9 Å². The van der Waals surface area contributed by atoms with Gasteiger partial charge in [-0.25, -0.2) is 0 Å². The van der Waals surface area contributed by atoms with E-state index in [4.69, 9.17) is 4.74 Å². The fourth-order valence-corrected chi connectivity index (χ4v) is 4.55. The SMILES string of the molecule is C=C[C@@H]1CN2CCC1C[C@H]2[C@H](O)c1cc[n+]([O-])c2ccc(OC)cc12. The number of nitrogens with zero attached hydrogens (tertiary/aromatic N) is 2. The number of piperidine rings is 3. The Morgan fingerprint density at radius 3 is 2.96 bits per heavy atom. The molecule has 0 spiro atoms. The van der Waals surface area contributed by atoms with E-state index in [1.807, 2.05) is 6.07 Å². The van der Waals surface area contributed by atoms with Crippen molar-refractivity contribution in [1.29, 1.82) is 0 Å². The van der Waals surface area contributed by atoms with Gasteiger partial charge in [-0.1, -0.05) is 6.08 Å². The molecule has 3 fully saturated rings. The maximum atomic E-state index is 12.1. The van der Waals surface area contributed by atoms with Gasteiger partial charge >= 0.3 is 0 Å². The Balaban J connectivity index is 1.72. The van der Waals surface area contributed by atoms with Gasteiger partial charge in [-0.15, -0.1) is 6.58 Å². The summed E-state index contributed by atoms with van der Waals surface area (Å²) in [6, 6.07) is 7.19. The Morgan fingerprint density at radius 2 is 2.28 bits per heavy atom. The second-order valence-corrected chi connectivity index (χ2v) is 7.17. The molecule has 0 saturated carbocycles. The Labute approximate surface area is 147 Å². The van der Waals surface area contributed by atoms with Crippen LogP contribution < -0.4 is 9.47 Å². The molecule has 132 valence electrons. The number of rotatable bonds is 4. The molecule has 3 saturated heterocycles. The molecule has 25 heavy (non-hydrogen) atoms. The van der Waals surface area contributed by atoms with Gasteiger partial charge in [0.15, 0.2) is 6.20 Å². The van der Waals surface area contributed by atoms with E-state index in [0.29, 0.717) is 23.1 Å². The Hall–Kier alpha value is -2.11. The normalized spacial score (nSPS) is 29.5. The lowest BCUT2D eigenvalue weighted by Gasteiger charge is -2.50. The zero-order chi connectivity index (χ0) is 17.6. The summed E-state index contributed by atoms with van der Waals surface area (Å²) < 4.78 is 6.15. The fraction of sp³-hybridized carbons (Fsp3) is 0.450. The van der Waals surface area contributed by atoms with Crippen molar-refractivity contribution in [2.75, 3.05) is 20.2 Å². The lowest BCUT2D eigenvalue weighted by atomic mass is 9.73. The molecule has 5 rings (SSSR count). The number of benzene rings is 1. The smallest absolute Gasteiger partial charge is 0.224 e. The number of pyridine rings is 1. The van der Waals surface area contributed by atoms with Crippen LogP contribution >= 0.6 is 0 Å². The quantitative estimate of drug-likeness (QED) is 0.527. The number of methoxy groups -OCH3 is 1. The van der Waals surface area contributed by atoms with Crippen LogP contribution in [-0.2, 0) is 0 Å². The summed E-state index contributed by atoms with van der Waals surface area (Å²) in [6.45, 7) is 5.94. The summed E-state index contributed by atoms with van der Waals surface area (Å²) in [7, 11) is 1.60. The third-order valence-corrected chi connectivity index (χ3v) is 5.98. The molecule has 1 N–H and O–H groups in total. The van der Waals surface area contributed by atoms with Crippen LogP contribution in [0.2, 0.25) is 0 Å². The molecule has 1 aromatic carbocycles. The van der Waals surface area contributed by atoms with E-state index in [9.17, 15) is 10.3 Å². The van der Waals surface area contributed by atoms with E-state index in [-0.39, 0.29) is 6.04 Å². The van der Waals surface area contributed by atoms with Gasteiger partial charge in [0.2, 0.25) is 5.52 Å². The van der Waals surface area contributed by atoms with Crippen molar-refractivity contribution in [2.45, 2.75) is 25.0 Å². The highest BCUT2D eigenvalue weighted by atomic mass is 16.5. The van der Waals surface area contributed by atoms with Gasteiger partial charge < -0.3 is 15.1 Å². The highest BCUT2D eigenvalue weighted by Crippen LogP contribution is 2.42. The van der Waals surface area contributed by atoms with Crippen LogP contribution in [0, 0.1) is 17.0 Å². The van der Waals surface area contributed by atoms with Crippen molar-refractivity contribution in [2.24, 2.45) is 11.8 Å². The average Bonchev–Trinajstić information content (AvgIpc) is 2.67. The van der Waals surface area contributed by atoms with Crippen molar-refractivity contribution >= 4 is 10.9 Å². The largest absolute Gasteiger partial charge is 0.618 e. The number of aromatic nitrogens is 1. The molecule has 5 nitrogen and oxygen atoms in total. The molecule has 0 amide bonds. The van der Waals surface area contributed by atoms with Crippen molar-refractivity contribution in [3.8, 4) is 5.75 Å². The second kappa shape index (κ2) is 6.32. The molecule has 0 aliphatic carbocycles. The molecular weight excluding hydrogens is 316 g/mol. The molecule has 5 heteroatoms. The number of aliphatic hydroxyl groups is 1. The Kier molecular flexibility index (Phi) is 4.13. The minimum Gasteiger partial charge on any atom is -0.618 e. The summed E-state index contributed by atoms with van der Waals surface area (Å²) in [4.78, 5) is 2.38. The van der Waals surface area contributed by atoms with Gasteiger partial charge in [0, 0.05) is 30.3 Å². The summed E-state index contributed by atoms with van der Waals surface area (Å²) >= 11 is 0. The molecular formula is C20H24N2O3. The number of ether oxygens (including phenoxy) is 1. The first-order valence-electron chi connectivity index (χ1n) is 8.87. The fourth-order valence-electron chi connectivity index (χ4n) is 4.55. The van der Waals surface area contributed by atoms with Crippen molar-refractivity contribution in [3.63, 3.8) is 0 Å². The van der Waals surface area contributed by atoms with Crippen LogP contribution in [0.5, 0.6) is 5.75 Å². The molecule has 0 radical (unpaired) electrons. The highest BCUT2D eigenvalue weighted by molar-refractivity contribution is 5.81. The number of hydrogen-bond donors (Lipinski definition) is 1. The van der Waals surface area contributed by atoms with E-state index in [1.165, 1.54) is 12.6 Å². The zero-order valence-corrected chi connectivity index (χ0v) is 14.5. The minimum absolute atomic E-state index is 0.0897. The van der Waals surface area contributed by atoms with Gasteiger partial charge in [-0.3, -0.25) is 4.90 Å². The van der Waals surface area contributed by atoms with E-state index < -0.39 is 6.10 Å². The first-order valence-corrected chi connectivity index (χ1v) is 8.87. The molecule has 2 aromatic rings. The zero-order valence-electron chi connectivity index (χ0n) is 14.5. The third-order valence-electron chi connectivity index (χ3n) is 5.98. The number of fused-ring (bicyclic) bond motifs is 4. The van der Waals surface area contributed by atoms with Crippen LogP contribution in [0.3, 0.4) is 0 Å². The van der Waals surface area contributed by atoms with E-state index in [1.54, 1.807) is 25.3 Å². The van der Waals surface area contributed by atoms with Crippen molar-refractivity contribution in [1.82, 2.24) is 4.90 Å². The van der Waals surface area contributed by atoms with Gasteiger partial charge in [-0.2, -0.15) is 4.73 Å². The summed E-state index contributed by atoms with van der Waals surface area (Å²) in [6.07, 6.45) is 5.06. The van der Waals surface area contributed by atoms with Crippen LogP contribution in [0.25, 0.3) is 10.9 Å². The Morgan fingerprint density at radius 1 is 1.44 bits per heavy atom. The molecule has 4 heterocycles. The Bertz CT molecular complexity index is 807. The third kappa shape index (κ3) is 2.68. The first-order chi connectivity index (χ1) is 12.1. The predicted molar refractivity (Wildman–Crippen MR) is 96.2 cm³/mol. The van der Waals surface area contributed by atoms with Crippen LogP contribution in [0.1, 0.15) is 24.5 Å². The predicted octanol–water partition coefficient (Wildman–Crippen LogP) is 2.41. The lowest BCUT2D eigenvalue weighted by Crippen LogP contribution is -2.54. The first kappa shape index (κ1) is 16.4. The van der Waals surface area contributed by atoms with Crippen LogP contribution in [0.15, 0.2) is 43.1 Å². The van der Waals surface area contributed by atoms with Crippen LogP contribution in [-0.4, -0.2) is 36.2 Å². The minimum atomic E-state index is -0.621. The van der Waals surface area contributed by atoms with Gasteiger partial charge in [0.1, 0.15) is 5.75 Å². The van der Waals surface area contributed by atoms with E-state index in [0.717, 1.165) is 35.2 Å². The summed E-state index contributed by atoms with van der Waals surface area (Å²) in [5.41, 5.74) is 1.35. The van der Waals surface area contributed by atoms with Crippen molar-refractivity contribution < 1.29 is 14.6 Å². The molecule has 1 aromatic heterocycles. The summed E-state index contributed by atoms with van der Waals surface area (Å²) in [5, 5.41) is 24.0. The maximum Gasteiger partial charge on any atom is 0.224 e. The number of aliphatic hydroxyl groups excluding tert-OH is 1. The summed E-state index contributed by atoms with van der Waals surface area (Å²) in [5.74, 6) is 1.80. The monoisotopic (exact) mass is 340 g/mol. The van der Waals surface area contributed by atoms with Crippen LogP contribution in [0.4, 0.5) is 0 Å². The van der Waals surface area contributed by atoms with Gasteiger partial charge in [0.25, 0.3) is 0 Å². The second-order valence-electron chi connectivity index (χ2n) is 7.17. The lowest BCUT2D eigenvalue weighted by molar-refractivity contribution is -0.577. The molecule has 2 bridgehead atoms.